The van der Waals surface area contributed by atoms with E-state index in [2.05, 4.69) is 9.97 Å². The minimum absolute atomic E-state index is 0.105. The molecule has 0 aliphatic carbocycles. The molecule has 0 aliphatic rings. The summed E-state index contributed by atoms with van der Waals surface area (Å²) in [5.41, 5.74) is 6.73. The number of aromatic nitrogens is 2. The molecule has 0 fully saturated rings. The lowest BCUT2D eigenvalue weighted by Gasteiger charge is -2.19. The van der Waals surface area contributed by atoms with Crippen LogP contribution in [0.3, 0.4) is 0 Å². The number of rotatable bonds is 5. The molecule has 112 valence electrons. The maximum absolute atomic E-state index is 12.6. The fourth-order valence-corrected chi connectivity index (χ4v) is 2.70. The summed E-state index contributed by atoms with van der Waals surface area (Å²) < 4.78 is 0. The Morgan fingerprint density at radius 1 is 1.38 bits per heavy atom. The van der Waals surface area contributed by atoms with E-state index in [4.69, 9.17) is 5.73 Å². The first-order chi connectivity index (χ1) is 10.0. The maximum Gasteiger partial charge on any atom is 0.268 e. The molecule has 6 nitrogen and oxygen atoms in total. The van der Waals surface area contributed by atoms with Gasteiger partial charge in [0, 0.05) is 26.8 Å². The van der Waals surface area contributed by atoms with Crippen molar-refractivity contribution in [2.24, 2.45) is 0 Å². The second-order valence-electron chi connectivity index (χ2n) is 4.75. The second kappa shape index (κ2) is 6.53. The summed E-state index contributed by atoms with van der Waals surface area (Å²) in [6, 6.07) is 5.66. The number of nitrogens with two attached hydrogens (primary N) is 1. The van der Waals surface area contributed by atoms with Gasteiger partial charge < -0.3 is 15.5 Å². The van der Waals surface area contributed by atoms with Crippen molar-refractivity contribution >= 4 is 28.2 Å². The first kappa shape index (κ1) is 15.2. The van der Waals surface area contributed by atoms with Crippen LogP contribution in [0, 0.1) is 0 Å². The number of amides is 1. The van der Waals surface area contributed by atoms with Crippen LogP contribution in [0.5, 0.6) is 0 Å². The van der Waals surface area contributed by atoms with Gasteiger partial charge in [0.25, 0.3) is 5.91 Å². The zero-order valence-electron chi connectivity index (χ0n) is 12.4. The Hall–Kier alpha value is -2.15. The second-order valence-corrected chi connectivity index (χ2v) is 5.72. The van der Waals surface area contributed by atoms with Crippen molar-refractivity contribution < 1.29 is 4.79 Å². The molecule has 0 aliphatic heterocycles. The molecule has 2 aromatic heterocycles. The number of hydrogen-bond donors (Lipinski definition) is 1. The van der Waals surface area contributed by atoms with Crippen molar-refractivity contribution in [3.05, 3.63) is 35.0 Å². The maximum atomic E-state index is 12.6. The largest absolute Gasteiger partial charge is 0.382 e. The van der Waals surface area contributed by atoms with Gasteiger partial charge in [-0.1, -0.05) is 17.4 Å². The van der Waals surface area contributed by atoms with E-state index in [9.17, 15) is 4.79 Å². The van der Waals surface area contributed by atoms with Crippen molar-refractivity contribution in [3.63, 3.8) is 0 Å². The van der Waals surface area contributed by atoms with E-state index in [0.29, 0.717) is 18.0 Å². The molecule has 0 spiro atoms. The molecule has 2 N–H and O–H groups in total. The predicted octanol–water partition coefficient (Wildman–Crippen LogP) is 1.85. The van der Waals surface area contributed by atoms with Crippen LogP contribution >= 0.6 is 11.3 Å². The molecule has 1 amide bonds. The third-order valence-corrected chi connectivity index (χ3v) is 4.19. The van der Waals surface area contributed by atoms with Crippen LogP contribution in [-0.2, 0) is 6.54 Å². The highest BCUT2D eigenvalue weighted by molar-refractivity contribution is 7.18. The van der Waals surface area contributed by atoms with E-state index in [0.717, 1.165) is 10.8 Å². The molecule has 2 rings (SSSR count). The van der Waals surface area contributed by atoms with Crippen LogP contribution in [0.2, 0.25) is 0 Å². The van der Waals surface area contributed by atoms with Crippen LogP contribution in [0.25, 0.3) is 0 Å². The molecule has 7 heteroatoms. The Morgan fingerprint density at radius 3 is 2.67 bits per heavy atom. The third kappa shape index (κ3) is 3.49. The summed E-state index contributed by atoms with van der Waals surface area (Å²) in [5.74, 6) is 0.180. The molecular weight excluding hydrogens is 286 g/mol. The van der Waals surface area contributed by atoms with Gasteiger partial charge in [-0.3, -0.25) is 9.78 Å². The molecule has 21 heavy (non-hydrogen) atoms. The van der Waals surface area contributed by atoms with E-state index in [-0.39, 0.29) is 11.7 Å². The number of hydrogen-bond acceptors (Lipinski definition) is 6. The first-order valence-corrected chi connectivity index (χ1v) is 7.47. The van der Waals surface area contributed by atoms with Crippen LogP contribution in [-0.4, -0.2) is 41.4 Å². The van der Waals surface area contributed by atoms with Gasteiger partial charge in [0.05, 0.1) is 12.2 Å². The highest BCUT2D eigenvalue weighted by Crippen LogP contribution is 2.28. The van der Waals surface area contributed by atoms with Crippen LogP contribution in [0.1, 0.15) is 22.3 Å². The summed E-state index contributed by atoms with van der Waals surface area (Å²) in [6.07, 6.45) is 1.72. The molecular formula is C14H19N5OS. The lowest BCUT2D eigenvalue weighted by molar-refractivity contribution is 0.0756. The Balaban J connectivity index is 2.20. The van der Waals surface area contributed by atoms with Crippen molar-refractivity contribution in [2.45, 2.75) is 13.5 Å². The van der Waals surface area contributed by atoms with Crippen molar-refractivity contribution in [2.75, 3.05) is 31.3 Å². The van der Waals surface area contributed by atoms with Crippen molar-refractivity contribution in [1.29, 1.82) is 0 Å². The summed E-state index contributed by atoms with van der Waals surface area (Å²) in [6.45, 7) is 2.99. The van der Waals surface area contributed by atoms with Gasteiger partial charge in [-0.05, 0) is 19.1 Å². The Kier molecular flexibility index (Phi) is 4.74. The van der Waals surface area contributed by atoms with Gasteiger partial charge in [0.15, 0.2) is 5.13 Å². The van der Waals surface area contributed by atoms with Gasteiger partial charge in [-0.25, -0.2) is 4.98 Å². The Labute approximate surface area is 128 Å². The molecule has 0 saturated heterocycles. The normalized spacial score (nSPS) is 10.4. The first-order valence-electron chi connectivity index (χ1n) is 6.65. The van der Waals surface area contributed by atoms with E-state index < -0.39 is 0 Å². The lowest BCUT2D eigenvalue weighted by Crippen LogP contribution is -2.30. The summed E-state index contributed by atoms with van der Waals surface area (Å²) in [5, 5.41) is 0.727. The molecule has 0 atom stereocenters. The van der Waals surface area contributed by atoms with Crippen LogP contribution < -0.4 is 10.6 Å². The summed E-state index contributed by atoms with van der Waals surface area (Å²) in [7, 11) is 3.75. The van der Waals surface area contributed by atoms with Gasteiger partial charge in [-0.2, -0.15) is 0 Å². The SMILES string of the molecule is CCN(Cc1ccccn1)C(=O)c1sc(N(C)C)nc1N. The number of pyridine rings is 1. The highest BCUT2D eigenvalue weighted by Gasteiger charge is 2.22. The molecule has 2 heterocycles. The Bertz CT molecular complexity index is 611. The number of thiazole rings is 1. The Morgan fingerprint density at radius 2 is 2.14 bits per heavy atom. The molecule has 0 bridgehead atoms. The third-order valence-electron chi connectivity index (χ3n) is 2.97. The van der Waals surface area contributed by atoms with E-state index in [1.165, 1.54) is 11.3 Å². The number of anilines is 2. The average Bonchev–Trinajstić information content (AvgIpc) is 2.87. The quantitative estimate of drug-likeness (QED) is 0.912. The highest BCUT2D eigenvalue weighted by atomic mass is 32.1. The molecule has 0 saturated carbocycles. The van der Waals surface area contributed by atoms with Crippen LogP contribution in [0.15, 0.2) is 24.4 Å². The minimum Gasteiger partial charge on any atom is -0.382 e. The van der Waals surface area contributed by atoms with Gasteiger partial charge in [-0.15, -0.1) is 0 Å². The minimum atomic E-state index is -0.105. The molecule has 0 radical (unpaired) electrons. The zero-order chi connectivity index (χ0) is 15.4. The standard InChI is InChI=1S/C14H19N5OS/c1-4-19(9-10-7-5-6-8-16-10)13(20)11-12(15)17-14(21-11)18(2)3/h5-8H,4,9,15H2,1-3H3. The fraction of sp³-hybridized carbons (Fsp3) is 0.357. The average molecular weight is 305 g/mol. The summed E-state index contributed by atoms with van der Waals surface area (Å²) >= 11 is 1.31. The monoisotopic (exact) mass is 305 g/mol. The topological polar surface area (TPSA) is 75.4 Å². The molecule has 0 unspecified atom stereocenters. The molecule has 2 aromatic rings. The number of nitrogen functional groups attached to an aromatic ring is 1. The van der Waals surface area contributed by atoms with E-state index >= 15 is 0 Å². The predicted molar refractivity (Wildman–Crippen MR) is 85.5 cm³/mol. The van der Waals surface area contributed by atoms with E-state index in [1.807, 2.05) is 44.1 Å². The number of carbonyl (C=O) groups excluding carboxylic acids is 1. The van der Waals surface area contributed by atoms with Crippen molar-refractivity contribution in [3.8, 4) is 0 Å². The van der Waals surface area contributed by atoms with Gasteiger partial charge in [0.2, 0.25) is 0 Å². The van der Waals surface area contributed by atoms with Gasteiger partial charge >= 0.3 is 0 Å². The zero-order valence-corrected chi connectivity index (χ0v) is 13.2. The molecule has 0 aromatic carbocycles. The number of nitrogens with zero attached hydrogens (tertiary/aromatic N) is 4. The number of carbonyl (C=O) groups is 1. The van der Waals surface area contributed by atoms with Gasteiger partial charge in [0.1, 0.15) is 10.7 Å². The van der Waals surface area contributed by atoms with E-state index in [1.54, 1.807) is 11.1 Å². The van der Waals surface area contributed by atoms with Crippen LogP contribution in [0.4, 0.5) is 10.9 Å². The van der Waals surface area contributed by atoms with Crippen molar-refractivity contribution in [1.82, 2.24) is 14.9 Å². The summed E-state index contributed by atoms with van der Waals surface area (Å²) in [4.78, 5) is 25.1. The lowest BCUT2D eigenvalue weighted by atomic mass is 10.3. The fourth-order valence-electron chi connectivity index (χ4n) is 1.82. The smallest absolute Gasteiger partial charge is 0.268 e.